The summed E-state index contributed by atoms with van der Waals surface area (Å²) < 4.78 is 10.4. The molecule has 0 bridgehead atoms. The molecule has 0 radical (unpaired) electrons. The average molecular weight is 423 g/mol. The van der Waals surface area contributed by atoms with Crippen LogP contribution in [0.1, 0.15) is 32.0 Å². The van der Waals surface area contributed by atoms with E-state index in [1.54, 1.807) is 26.8 Å². The molecule has 0 aliphatic rings. The third-order valence-electron chi connectivity index (χ3n) is 3.00. The second-order valence-corrected chi connectivity index (χ2v) is 7.11. The summed E-state index contributed by atoms with van der Waals surface area (Å²) in [4.78, 5) is 35.2. The van der Waals surface area contributed by atoms with E-state index in [1.165, 1.54) is 6.07 Å². The number of fused-ring (bicyclic) bond motifs is 1. The maximum atomic E-state index is 12.0. The molecule has 9 nitrogen and oxygen atoms in total. The summed E-state index contributed by atoms with van der Waals surface area (Å²) in [5, 5.41) is 17.7. The van der Waals surface area contributed by atoms with Crippen LogP contribution in [0.4, 0.5) is 9.59 Å². The van der Waals surface area contributed by atoms with Crippen LogP contribution in [0.3, 0.4) is 0 Å². The highest BCUT2D eigenvalue weighted by atomic mass is 79.9. The fourth-order valence-electron chi connectivity index (χ4n) is 2.07. The van der Waals surface area contributed by atoms with Crippen molar-refractivity contribution in [1.82, 2.24) is 15.5 Å². The second kappa shape index (κ2) is 7.53. The van der Waals surface area contributed by atoms with Gasteiger partial charge < -0.3 is 9.47 Å². The summed E-state index contributed by atoms with van der Waals surface area (Å²) in [7, 11) is 0. The lowest BCUT2D eigenvalue weighted by Crippen LogP contribution is -2.36. The number of imide groups is 1. The molecule has 1 heterocycles. The lowest BCUT2D eigenvalue weighted by molar-refractivity contribution is 0.0505. The van der Waals surface area contributed by atoms with E-state index in [0.717, 1.165) is 0 Å². The zero-order valence-corrected chi connectivity index (χ0v) is 15.8. The number of amides is 2. The highest BCUT2D eigenvalue weighted by Crippen LogP contribution is 2.23. The number of hydrogen-bond acceptors (Lipinski definition) is 7. The van der Waals surface area contributed by atoms with Crippen molar-refractivity contribution in [3.63, 3.8) is 0 Å². The number of nitriles is 1. The standard InChI is InChI=1S/C16H15BrN4O5/c1-16(2,3)26-15(24)19-14(23)25-7-11-10-5-9(17)4-8(6-18)12(10)13(22)21-20-11/h4-5H,7H2,1-3H3,(H,21,22)(H,19,23,24). The number of carbonyl (C=O) groups excluding carboxylic acids is 2. The summed E-state index contributed by atoms with van der Waals surface area (Å²) in [6, 6.07) is 5.02. The molecule has 0 fully saturated rings. The minimum atomic E-state index is -1.03. The van der Waals surface area contributed by atoms with Gasteiger partial charge in [-0.05, 0) is 32.9 Å². The SMILES string of the molecule is CC(C)(C)OC(=O)NC(=O)OCc1n[nH]c(=O)c2c(C#N)cc(Br)cc12. The van der Waals surface area contributed by atoms with E-state index in [0.29, 0.717) is 9.86 Å². The van der Waals surface area contributed by atoms with Crippen molar-refractivity contribution >= 4 is 38.9 Å². The lowest BCUT2D eigenvalue weighted by Gasteiger charge is -2.19. The normalized spacial score (nSPS) is 10.9. The van der Waals surface area contributed by atoms with Crippen LogP contribution in [0.15, 0.2) is 21.4 Å². The van der Waals surface area contributed by atoms with E-state index < -0.39 is 23.3 Å². The molecule has 0 saturated carbocycles. The highest BCUT2D eigenvalue weighted by Gasteiger charge is 2.19. The molecule has 0 aliphatic carbocycles. The first-order valence-corrected chi connectivity index (χ1v) is 8.17. The Kier molecular flexibility index (Phi) is 5.62. The smallest absolute Gasteiger partial charge is 0.417 e. The molecular formula is C16H15BrN4O5. The van der Waals surface area contributed by atoms with Crippen molar-refractivity contribution < 1.29 is 19.1 Å². The third-order valence-corrected chi connectivity index (χ3v) is 3.45. The molecule has 0 saturated heterocycles. The van der Waals surface area contributed by atoms with Crippen molar-refractivity contribution in [2.24, 2.45) is 0 Å². The van der Waals surface area contributed by atoms with Crippen LogP contribution in [0.5, 0.6) is 0 Å². The van der Waals surface area contributed by atoms with E-state index in [-0.39, 0.29) is 23.3 Å². The van der Waals surface area contributed by atoms with Gasteiger partial charge in [-0.2, -0.15) is 10.4 Å². The van der Waals surface area contributed by atoms with Gasteiger partial charge in [0.25, 0.3) is 5.56 Å². The Hall–Kier alpha value is -2.93. The summed E-state index contributed by atoms with van der Waals surface area (Å²) in [5.41, 5.74) is -0.929. The predicted octanol–water partition coefficient (Wildman–Crippen LogP) is 2.72. The van der Waals surface area contributed by atoms with Crippen LogP contribution >= 0.6 is 15.9 Å². The zero-order valence-electron chi connectivity index (χ0n) is 14.2. The first-order valence-electron chi connectivity index (χ1n) is 7.38. The zero-order chi connectivity index (χ0) is 19.5. The Morgan fingerprint density at radius 3 is 2.65 bits per heavy atom. The molecule has 0 unspecified atom stereocenters. The van der Waals surface area contributed by atoms with Gasteiger partial charge in [-0.3, -0.25) is 4.79 Å². The molecule has 10 heteroatoms. The fourth-order valence-corrected chi connectivity index (χ4v) is 2.53. The van der Waals surface area contributed by atoms with Crippen molar-refractivity contribution in [3.05, 3.63) is 38.2 Å². The number of alkyl carbamates (subject to hydrolysis) is 2. The number of aromatic amines is 1. The molecule has 136 valence electrons. The van der Waals surface area contributed by atoms with Crippen LogP contribution in [0.2, 0.25) is 0 Å². The van der Waals surface area contributed by atoms with Crippen LogP contribution in [0, 0.1) is 11.3 Å². The van der Waals surface area contributed by atoms with E-state index >= 15 is 0 Å². The number of carbonyl (C=O) groups is 2. The van der Waals surface area contributed by atoms with Gasteiger partial charge in [0.2, 0.25) is 0 Å². The van der Waals surface area contributed by atoms with Crippen LogP contribution < -0.4 is 10.9 Å². The van der Waals surface area contributed by atoms with Crippen LogP contribution in [-0.4, -0.2) is 28.0 Å². The number of benzene rings is 1. The minimum absolute atomic E-state index is 0.136. The topological polar surface area (TPSA) is 134 Å². The summed E-state index contributed by atoms with van der Waals surface area (Å²) >= 11 is 3.25. The first kappa shape index (κ1) is 19.4. The number of halogens is 1. The largest absolute Gasteiger partial charge is 0.443 e. The van der Waals surface area contributed by atoms with E-state index in [1.807, 2.05) is 11.4 Å². The molecule has 2 rings (SSSR count). The number of aromatic nitrogens is 2. The van der Waals surface area contributed by atoms with Gasteiger partial charge in [-0.25, -0.2) is 20.0 Å². The Morgan fingerprint density at radius 2 is 2.04 bits per heavy atom. The van der Waals surface area contributed by atoms with Crippen LogP contribution in [-0.2, 0) is 16.1 Å². The van der Waals surface area contributed by atoms with Gasteiger partial charge in [0.15, 0.2) is 0 Å². The number of hydrogen-bond donors (Lipinski definition) is 2. The molecule has 2 aromatic rings. The number of nitrogens with one attached hydrogen (secondary N) is 2. The summed E-state index contributed by atoms with van der Waals surface area (Å²) in [5.74, 6) is 0. The Labute approximate surface area is 156 Å². The van der Waals surface area contributed by atoms with E-state index in [4.69, 9.17) is 9.47 Å². The van der Waals surface area contributed by atoms with Gasteiger partial charge in [-0.1, -0.05) is 15.9 Å². The van der Waals surface area contributed by atoms with Crippen molar-refractivity contribution in [1.29, 1.82) is 5.26 Å². The molecule has 26 heavy (non-hydrogen) atoms. The molecule has 1 aromatic carbocycles. The van der Waals surface area contributed by atoms with Crippen molar-refractivity contribution in [2.45, 2.75) is 33.0 Å². The number of H-pyrrole nitrogens is 1. The fraction of sp³-hybridized carbons (Fsp3) is 0.312. The summed E-state index contributed by atoms with van der Waals surface area (Å²) in [6.45, 7) is 4.63. The summed E-state index contributed by atoms with van der Waals surface area (Å²) in [6.07, 6.45) is -1.98. The molecule has 1 aromatic heterocycles. The lowest BCUT2D eigenvalue weighted by atomic mass is 10.1. The quantitative estimate of drug-likeness (QED) is 0.759. The Bertz CT molecular complexity index is 971. The number of nitrogens with zero attached hydrogens (tertiary/aromatic N) is 2. The van der Waals surface area contributed by atoms with Crippen molar-refractivity contribution in [3.8, 4) is 6.07 Å². The second-order valence-electron chi connectivity index (χ2n) is 6.19. The Balaban J connectivity index is 2.20. The molecule has 2 N–H and O–H groups in total. The number of rotatable bonds is 2. The number of ether oxygens (including phenoxy) is 2. The van der Waals surface area contributed by atoms with Crippen molar-refractivity contribution in [2.75, 3.05) is 0 Å². The van der Waals surface area contributed by atoms with Crippen LogP contribution in [0.25, 0.3) is 10.8 Å². The molecule has 2 amide bonds. The van der Waals surface area contributed by atoms with E-state index in [2.05, 4.69) is 26.1 Å². The maximum absolute atomic E-state index is 12.0. The molecular weight excluding hydrogens is 408 g/mol. The van der Waals surface area contributed by atoms with Gasteiger partial charge >= 0.3 is 12.2 Å². The van der Waals surface area contributed by atoms with Gasteiger partial charge in [0.1, 0.15) is 24.0 Å². The molecule has 0 spiro atoms. The first-order chi connectivity index (χ1) is 12.1. The van der Waals surface area contributed by atoms with Gasteiger partial charge in [0, 0.05) is 9.86 Å². The molecule has 0 atom stereocenters. The monoisotopic (exact) mass is 422 g/mol. The average Bonchev–Trinajstić information content (AvgIpc) is 2.51. The Morgan fingerprint density at radius 1 is 1.35 bits per heavy atom. The maximum Gasteiger partial charge on any atom is 0.417 e. The highest BCUT2D eigenvalue weighted by molar-refractivity contribution is 9.10. The van der Waals surface area contributed by atoms with E-state index in [9.17, 15) is 19.6 Å². The minimum Gasteiger partial charge on any atom is -0.443 e. The predicted molar refractivity (Wildman–Crippen MR) is 94.3 cm³/mol. The van der Waals surface area contributed by atoms with Gasteiger partial charge in [-0.15, -0.1) is 0 Å². The van der Waals surface area contributed by atoms with Gasteiger partial charge in [0.05, 0.1) is 10.9 Å². The third kappa shape index (κ3) is 4.80. The molecule has 0 aliphatic heterocycles.